The molecular formula is C20H21N3O2. The Morgan fingerprint density at radius 2 is 1.40 bits per heavy atom. The normalized spacial score (nSPS) is 17.4. The number of nitrogens with zero attached hydrogens (tertiary/aromatic N) is 3. The molecule has 0 aliphatic carbocycles. The molecular weight excluding hydrogens is 314 g/mol. The van der Waals surface area contributed by atoms with Crippen molar-refractivity contribution in [3.63, 3.8) is 0 Å². The number of nitriles is 1. The van der Waals surface area contributed by atoms with Gasteiger partial charge in [-0.1, -0.05) is 18.2 Å². The first kappa shape index (κ1) is 15.9. The minimum atomic E-state index is 0.326. The average molecular weight is 335 g/mol. The van der Waals surface area contributed by atoms with Crippen molar-refractivity contribution < 1.29 is 9.47 Å². The topological polar surface area (TPSA) is 48.7 Å². The van der Waals surface area contributed by atoms with Crippen molar-refractivity contribution in [1.82, 2.24) is 9.80 Å². The Hall–Kier alpha value is -2.55. The molecule has 2 aromatic carbocycles. The monoisotopic (exact) mass is 335 g/mol. The molecule has 0 spiro atoms. The molecule has 25 heavy (non-hydrogen) atoms. The molecule has 0 bridgehead atoms. The third kappa shape index (κ3) is 3.76. The molecule has 0 radical (unpaired) electrons. The fourth-order valence-corrected chi connectivity index (χ4v) is 3.35. The summed E-state index contributed by atoms with van der Waals surface area (Å²) in [7, 11) is 0. The number of fused-ring (bicyclic) bond motifs is 1. The van der Waals surface area contributed by atoms with Crippen LogP contribution in [0.5, 0.6) is 11.5 Å². The molecule has 0 N–H and O–H groups in total. The molecule has 0 amide bonds. The van der Waals surface area contributed by atoms with Crippen LogP contribution in [0.15, 0.2) is 42.5 Å². The van der Waals surface area contributed by atoms with Crippen LogP contribution in [0.4, 0.5) is 0 Å². The van der Waals surface area contributed by atoms with E-state index in [1.807, 2.05) is 18.2 Å². The lowest BCUT2D eigenvalue weighted by atomic mass is 10.1. The average Bonchev–Trinajstić information content (AvgIpc) is 3.12. The van der Waals surface area contributed by atoms with Crippen molar-refractivity contribution in [2.45, 2.75) is 13.1 Å². The van der Waals surface area contributed by atoms with Gasteiger partial charge in [0, 0.05) is 39.3 Å². The fourth-order valence-electron chi connectivity index (χ4n) is 3.35. The molecule has 2 heterocycles. The first-order valence-corrected chi connectivity index (χ1v) is 8.62. The quantitative estimate of drug-likeness (QED) is 0.860. The van der Waals surface area contributed by atoms with Crippen molar-refractivity contribution in [3.8, 4) is 17.6 Å². The highest BCUT2D eigenvalue weighted by Crippen LogP contribution is 2.32. The summed E-state index contributed by atoms with van der Waals surface area (Å²) in [5.41, 5.74) is 3.25. The number of rotatable bonds is 4. The Morgan fingerprint density at radius 3 is 2.08 bits per heavy atom. The summed E-state index contributed by atoms with van der Waals surface area (Å²) in [6.07, 6.45) is 0. The highest BCUT2D eigenvalue weighted by Gasteiger charge is 2.19. The second-order valence-corrected chi connectivity index (χ2v) is 6.55. The van der Waals surface area contributed by atoms with Gasteiger partial charge in [-0.15, -0.1) is 0 Å². The molecule has 5 heteroatoms. The first-order chi connectivity index (χ1) is 12.3. The number of hydrogen-bond acceptors (Lipinski definition) is 5. The van der Waals surface area contributed by atoms with E-state index in [-0.39, 0.29) is 0 Å². The van der Waals surface area contributed by atoms with Crippen LogP contribution in [-0.4, -0.2) is 42.8 Å². The first-order valence-electron chi connectivity index (χ1n) is 8.62. The van der Waals surface area contributed by atoms with Crippen molar-refractivity contribution >= 4 is 0 Å². The molecule has 5 nitrogen and oxygen atoms in total. The molecule has 0 aromatic heterocycles. The van der Waals surface area contributed by atoms with Crippen LogP contribution in [0.2, 0.25) is 0 Å². The molecule has 2 aliphatic heterocycles. The lowest BCUT2D eigenvalue weighted by Gasteiger charge is -2.34. The maximum atomic E-state index is 8.87. The van der Waals surface area contributed by atoms with Gasteiger partial charge in [-0.2, -0.15) is 5.26 Å². The van der Waals surface area contributed by atoms with E-state index < -0.39 is 0 Å². The second-order valence-electron chi connectivity index (χ2n) is 6.55. The summed E-state index contributed by atoms with van der Waals surface area (Å²) in [6.45, 7) is 6.46. The molecule has 0 unspecified atom stereocenters. The number of benzene rings is 2. The summed E-state index contributed by atoms with van der Waals surface area (Å²) in [5.74, 6) is 1.70. The lowest BCUT2D eigenvalue weighted by Crippen LogP contribution is -2.45. The largest absolute Gasteiger partial charge is 0.454 e. The van der Waals surface area contributed by atoms with E-state index in [1.54, 1.807) is 0 Å². The zero-order chi connectivity index (χ0) is 17.1. The second kappa shape index (κ2) is 7.14. The van der Waals surface area contributed by atoms with E-state index in [2.05, 4.69) is 40.1 Å². The van der Waals surface area contributed by atoms with Crippen molar-refractivity contribution in [2.75, 3.05) is 33.0 Å². The standard InChI is InChI=1S/C20H21N3O2/c21-12-16-1-3-17(4-2-16)13-22-7-9-23(10-8-22)14-18-5-6-19-20(11-18)25-15-24-19/h1-6,11H,7-10,13-15H2. The Kier molecular flexibility index (Phi) is 4.55. The van der Waals surface area contributed by atoms with Gasteiger partial charge in [-0.3, -0.25) is 9.80 Å². The maximum Gasteiger partial charge on any atom is 0.231 e. The Bertz CT molecular complexity index is 775. The van der Waals surface area contributed by atoms with Crippen molar-refractivity contribution in [1.29, 1.82) is 5.26 Å². The van der Waals surface area contributed by atoms with Gasteiger partial charge in [0.2, 0.25) is 6.79 Å². The fraction of sp³-hybridized carbons (Fsp3) is 0.350. The van der Waals surface area contributed by atoms with E-state index in [0.29, 0.717) is 6.79 Å². The van der Waals surface area contributed by atoms with Crippen LogP contribution in [0, 0.1) is 11.3 Å². The van der Waals surface area contributed by atoms with Crippen LogP contribution >= 0.6 is 0 Å². The maximum absolute atomic E-state index is 8.87. The van der Waals surface area contributed by atoms with Gasteiger partial charge in [0.1, 0.15) is 0 Å². The van der Waals surface area contributed by atoms with E-state index in [0.717, 1.165) is 56.3 Å². The number of ether oxygens (including phenoxy) is 2. The molecule has 0 atom stereocenters. The molecule has 2 aliphatic rings. The molecule has 4 rings (SSSR count). The van der Waals surface area contributed by atoms with Crippen LogP contribution in [0.3, 0.4) is 0 Å². The number of hydrogen-bond donors (Lipinski definition) is 0. The van der Waals surface area contributed by atoms with Gasteiger partial charge in [0.25, 0.3) is 0 Å². The van der Waals surface area contributed by atoms with Crippen LogP contribution < -0.4 is 9.47 Å². The van der Waals surface area contributed by atoms with Gasteiger partial charge in [-0.25, -0.2) is 0 Å². The predicted molar refractivity (Wildman–Crippen MR) is 94.3 cm³/mol. The SMILES string of the molecule is N#Cc1ccc(CN2CCN(Cc3ccc4c(c3)OCO4)CC2)cc1. The van der Waals surface area contributed by atoms with E-state index in [9.17, 15) is 0 Å². The third-order valence-corrected chi connectivity index (χ3v) is 4.80. The predicted octanol–water partition coefficient (Wildman–Crippen LogP) is 2.60. The highest BCUT2D eigenvalue weighted by atomic mass is 16.7. The van der Waals surface area contributed by atoms with Crippen molar-refractivity contribution in [2.24, 2.45) is 0 Å². The van der Waals surface area contributed by atoms with Crippen LogP contribution in [0.25, 0.3) is 0 Å². The summed E-state index contributed by atoms with van der Waals surface area (Å²) < 4.78 is 10.8. The van der Waals surface area contributed by atoms with Crippen LogP contribution in [0.1, 0.15) is 16.7 Å². The van der Waals surface area contributed by atoms with Gasteiger partial charge >= 0.3 is 0 Å². The van der Waals surface area contributed by atoms with E-state index >= 15 is 0 Å². The van der Waals surface area contributed by atoms with E-state index in [4.69, 9.17) is 14.7 Å². The molecule has 2 aromatic rings. The smallest absolute Gasteiger partial charge is 0.231 e. The third-order valence-electron chi connectivity index (χ3n) is 4.80. The Labute approximate surface area is 148 Å². The summed E-state index contributed by atoms with van der Waals surface area (Å²) in [6, 6.07) is 16.3. The van der Waals surface area contributed by atoms with Gasteiger partial charge in [0.05, 0.1) is 11.6 Å². The minimum absolute atomic E-state index is 0.326. The Balaban J connectivity index is 1.28. The summed E-state index contributed by atoms with van der Waals surface area (Å²) >= 11 is 0. The lowest BCUT2D eigenvalue weighted by molar-refractivity contribution is 0.122. The van der Waals surface area contributed by atoms with Crippen molar-refractivity contribution in [3.05, 3.63) is 59.2 Å². The van der Waals surface area contributed by atoms with E-state index in [1.165, 1.54) is 11.1 Å². The van der Waals surface area contributed by atoms with Gasteiger partial charge in [-0.05, 0) is 35.4 Å². The Morgan fingerprint density at radius 1 is 0.800 bits per heavy atom. The highest BCUT2D eigenvalue weighted by molar-refractivity contribution is 5.44. The zero-order valence-electron chi connectivity index (χ0n) is 14.1. The summed E-state index contributed by atoms with van der Waals surface area (Å²) in [5, 5.41) is 8.87. The minimum Gasteiger partial charge on any atom is -0.454 e. The zero-order valence-corrected chi connectivity index (χ0v) is 14.1. The van der Waals surface area contributed by atoms with Gasteiger partial charge < -0.3 is 9.47 Å². The molecule has 1 fully saturated rings. The number of piperazine rings is 1. The van der Waals surface area contributed by atoms with Gasteiger partial charge in [0.15, 0.2) is 11.5 Å². The van der Waals surface area contributed by atoms with Crippen LogP contribution in [-0.2, 0) is 13.1 Å². The summed E-state index contributed by atoms with van der Waals surface area (Å²) in [4.78, 5) is 4.95. The molecule has 0 saturated carbocycles. The molecule has 1 saturated heterocycles. The molecule has 128 valence electrons.